The van der Waals surface area contributed by atoms with Crippen molar-refractivity contribution in [2.75, 3.05) is 26.2 Å². The Kier molecular flexibility index (Phi) is 6.95. The van der Waals surface area contributed by atoms with Gasteiger partial charge in [0.05, 0.1) is 11.5 Å². The van der Waals surface area contributed by atoms with Crippen molar-refractivity contribution in [3.63, 3.8) is 0 Å². The summed E-state index contributed by atoms with van der Waals surface area (Å²) in [5.41, 5.74) is -0.761. The van der Waals surface area contributed by atoms with E-state index in [1.807, 2.05) is 20.8 Å². The van der Waals surface area contributed by atoms with Gasteiger partial charge in [-0.1, -0.05) is 6.92 Å². The number of likely N-dealkylation sites (tertiary alicyclic amines) is 1. The third-order valence-corrected chi connectivity index (χ3v) is 4.07. The van der Waals surface area contributed by atoms with Crippen LogP contribution in [0.2, 0.25) is 0 Å². The van der Waals surface area contributed by atoms with Gasteiger partial charge in [-0.2, -0.15) is 0 Å². The molecule has 2 N–H and O–H groups in total. The maximum atomic E-state index is 12.0. The number of hydrogen-bond donors (Lipinski definition) is 2. The Labute approximate surface area is 126 Å². The van der Waals surface area contributed by atoms with Crippen molar-refractivity contribution in [3.05, 3.63) is 0 Å². The lowest BCUT2D eigenvalue weighted by molar-refractivity contribution is -0.148. The van der Waals surface area contributed by atoms with Gasteiger partial charge in [-0.05, 0) is 39.5 Å². The van der Waals surface area contributed by atoms with Crippen LogP contribution in [0, 0.1) is 5.41 Å². The summed E-state index contributed by atoms with van der Waals surface area (Å²) in [5, 5.41) is 12.2. The van der Waals surface area contributed by atoms with E-state index in [0.717, 1.165) is 12.8 Å². The fourth-order valence-corrected chi connectivity index (χ4v) is 2.51. The molecule has 122 valence electrons. The first-order valence-electron chi connectivity index (χ1n) is 7.79. The number of rotatable bonds is 8. The Morgan fingerprint density at radius 3 is 2.62 bits per heavy atom. The standard InChI is InChI=1S/C15H28N2O4/c1-4-15(13(18)19)7-9-17(11-15)14(20)16-8-5-6-10-21-12(2)3/h12H,4-11H2,1-3H3,(H,16,20)(H,18,19). The highest BCUT2D eigenvalue weighted by Crippen LogP contribution is 2.34. The van der Waals surface area contributed by atoms with Gasteiger partial charge in [0.1, 0.15) is 0 Å². The van der Waals surface area contributed by atoms with Gasteiger partial charge in [0.25, 0.3) is 0 Å². The predicted molar refractivity (Wildman–Crippen MR) is 80.3 cm³/mol. The van der Waals surface area contributed by atoms with Gasteiger partial charge in [0, 0.05) is 26.2 Å². The molecule has 1 rings (SSSR count). The van der Waals surface area contributed by atoms with Crippen molar-refractivity contribution < 1.29 is 19.4 Å². The molecule has 6 heteroatoms. The van der Waals surface area contributed by atoms with Crippen molar-refractivity contribution >= 4 is 12.0 Å². The second-order valence-corrected chi connectivity index (χ2v) is 5.97. The maximum Gasteiger partial charge on any atom is 0.317 e. The minimum absolute atomic E-state index is 0.156. The number of ether oxygens (including phenoxy) is 1. The zero-order chi connectivity index (χ0) is 15.9. The molecule has 1 saturated heterocycles. The molecule has 1 aliphatic heterocycles. The molecule has 0 aromatic rings. The van der Waals surface area contributed by atoms with Crippen LogP contribution in [-0.4, -0.2) is 54.4 Å². The number of aliphatic carboxylic acids is 1. The lowest BCUT2D eigenvalue weighted by atomic mass is 9.84. The van der Waals surface area contributed by atoms with Crippen molar-refractivity contribution in [3.8, 4) is 0 Å². The summed E-state index contributed by atoms with van der Waals surface area (Å²) >= 11 is 0. The van der Waals surface area contributed by atoms with Crippen molar-refractivity contribution in [1.82, 2.24) is 10.2 Å². The quantitative estimate of drug-likeness (QED) is 0.673. The molecule has 1 unspecified atom stereocenters. The average Bonchev–Trinajstić information content (AvgIpc) is 2.88. The van der Waals surface area contributed by atoms with Crippen molar-refractivity contribution in [2.45, 2.75) is 52.6 Å². The molecule has 21 heavy (non-hydrogen) atoms. The number of carboxylic acids is 1. The van der Waals surface area contributed by atoms with E-state index >= 15 is 0 Å². The highest BCUT2D eigenvalue weighted by atomic mass is 16.5. The summed E-state index contributed by atoms with van der Waals surface area (Å²) in [6.45, 7) is 7.99. The summed E-state index contributed by atoms with van der Waals surface area (Å²) < 4.78 is 5.43. The number of nitrogens with zero attached hydrogens (tertiary/aromatic N) is 1. The van der Waals surface area contributed by atoms with Crippen LogP contribution in [0.1, 0.15) is 46.5 Å². The smallest absolute Gasteiger partial charge is 0.317 e. The molecule has 1 heterocycles. The Hall–Kier alpha value is -1.30. The molecule has 0 saturated carbocycles. The fourth-order valence-electron chi connectivity index (χ4n) is 2.51. The molecular weight excluding hydrogens is 272 g/mol. The van der Waals surface area contributed by atoms with Gasteiger partial charge >= 0.3 is 12.0 Å². The molecule has 0 radical (unpaired) electrons. The fraction of sp³-hybridized carbons (Fsp3) is 0.867. The normalized spacial score (nSPS) is 21.8. The molecule has 0 bridgehead atoms. The molecule has 0 spiro atoms. The van der Waals surface area contributed by atoms with E-state index in [2.05, 4.69) is 5.32 Å². The number of carboxylic acid groups (broad SMARTS) is 1. The largest absolute Gasteiger partial charge is 0.481 e. The van der Waals surface area contributed by atoms with Crippen LogP contribution in [0.25, 0.3) is 0 Å². The molecule has 0 aromatic carbocycles. The van der Waals surface area contributed by atoms with E-state index < -0.39 is 11.4 Å². The number of carbonyl (C=O) groups excluding carboxylic acids is 1. The van der Waals surface area contributed by atoms with E-state index in [1.54, 1.807) is 4.90 Å². The van der Waals surface area contributed by atoms with Gasteiger partial charge in [-0.25, -0.2) is 4.79 Å². The number of carbonyl (C=O) groups is 2. The number of unbranched alkanes of at least 4 members (excludes halogenated alkanes) is 1. The van der Waals surface area contributed by atoms with Crippen LogP contribution in [0.3, 0.4) is 0 Å². The highest BCUT2D eigenvalue weighted by Gasteiger charge is 2.44. The Morgan fingerprint density at radius 2 is 2.10 bits per heavy atom. The second-order valence-electron chi connectivity index (χ2n) is 5.97. The molecule has 1 atom stereocenters. The van der Waals surface area contributed by atoms with Crippen molar-refractivity contribution in [2.24, 2.45) is 5.41 Å². The van der Waals surface area contributed by atoms with Gasteiger partial charge in [-0.15, -0.1) is 0 Å². The van der Waals surface area contributed by atoms with Gasteiger partial charge in [0.15, 0.2) is 0 Å². The summed E-state index contributed by atoms with van der Waals surface area (Å²) in [6.07, 6.45) is 3.10. The second kappa shape index (κ2) is 8.22. The maximum absolute atomic E-state index is 12.0. The lowest BCUT2D eigenvalue weighted by Crippen LogP contribution is -2.41. The number of hydrogen-bond acceptors (Lipinski definition) is 3. The lowest BCUT2D eigenvalue weighted by Gasteiger charge is -2.23. The summed E-state index contributed by atoms with van der Waals surface area (Å²) in [4.78, 5) is 25.0. The Morgan fingerprint density at radius 1 is 1.38 bits per heavy atom. The highest BCUT2D eigenvalue weighted by molar-refractivity contribution is 5.79. The van der Waals surface area contributed by atoms with E-state index in [9.17, 15) is 14.7 Å². The summed E-state index contributed by atoms with van der Waals surface area (Å²) in [6, 6.07) is -0.156. The zero-order valence-electron chi connectivity index (χ0n) is 13.4. The first kappa shape index (κ1) is 17.8. The monoisotopic (exact) mass is 300 g/mol. The Balaban J connectivity index is 2.23. The molecule has 2 amide bonds. The van der Waals surface area contributed by atoms with Crippen LogP contribution in [0.5, 0.6) is 0 Å². The van der Waals surface area contributed by atoms with Gasteiger partial charge in [-0.3, -0.25) is 4.79 Å². The number of urea groups is 1. The Bertz CT molecular complexity index is 360. The van der Waals surface area contributed by atoms with Crippen molar-refractivity contribution in [1.29, 1.82) is 0 Å². The van der Waals surface area contributed by atoms with Crippen LogP contribution in [-0.2, 0) is 9.53 Å². The molecule has 1 fully saturated rings. The van der Waals surface area contributed by atoms with Crippen LogP contribution >= 0.6 is 0 Å². The van der Waals surface area contributed by atoms with Crippen LogP contribution < -0.4 is 5.32 Å². The average molecular weight is 300 g/mol. The molecule has 0 aliphatic carbocycles. The zero-order valence-corrected chi connectivity index (χ0v) is 13.4. The molecular formula is C15H28N2O4. The molecule has 1 aliphatic rings. The number of amides is 2. The summed E-state index contributed by atoms with van der Waals surface area (Å²) in [5.74, 6) is -0.800. The number of nitrogens with one attached hydrogen (secondary N) is 1. The topological polar surface area (TPSA) is 78.9 Å². The van der Waals surface area contributed by atoms with Crippen LogP contribution in [0.15, 0.2) is 0 Å². The predicted octanol–water partition coefficient (Wildman–Crippen LogP) is 2.09. The minimum atomic E-state index is -0.800. The SMILES string of the molecule is CCC1(C(=O)O)CCN(C(=O)NCCCCOC(C)C)C1. The van der Waals surface area contributed by atoms with E-state index in [-0.39, 0.29) is 12.1 Å². The minimum Gasteiger partial charge on any atom is -0.481 e. The summed E-state index contributed by atoms with van der Waals surface area (Å²) in [7, 11) is 0. The van der Waals surface area contributed by atoms with E-state index in [4.69, 9.17) is 4.74 Å². The van der Waals surface area contributed by atoms with E-state index in [0.29, 0.717) is 39.1 Å². The van der Waals surface area contributed by atoms with Gasteiger partial charge < -0.3 is 20.1 Å². The van der Waals surface area contributed by atoms with Crippen LogP contribution in [0.4, 0.5) is 4.79 Å². The third kappa shape index (κ3) is 5.19. The first-order valence-corrected chi connectivity index (χ1v) is 7.79. The molecule has 0 aromatic heterocycles. The first-order chi connectivity index (χ1) is 9.91. The third-order valence-electron chi connectivity index (χ3n) is 4.07. The van der Waals surface area contributed by atoms with Gasteiger partial charge in [0.2, 0.25) is 0 Å². The van der Waals surface area contributed by atoms with E-state index in [1.165, 1.54) is 0 Å². The molecule has 6 nitrogen and oxygen atoms in total.